The van der Waals surface area contributed by atoms with Gasteiger partial charge < -0.3 is 15.4 Å². The maximum absolute atomic E-state index is 11.8. The summed E-state index contributed by atoms with van der Waals surface area (Å²) in [4.78, 5) is 21.1. The minimum absolute atomic E-state index is 0.0663. The van der Waals surface area contributed by atoms with Crippen molar-refractivity contribution in [1.29, 1.82) is 0 Å². The second-order valence-corrected chi connectivity index (χ2v) is 7.70. The Hall–Kier alpha value is -1.87. The van der Waals surface area contributed by atoms with Gasteiger partial charge in [0.1, 0.15) is 5.82 Å². The van der Waals surface area contributed by atoms with Gasteiger partial charge in [0, 0.05) is 26.1 Å². The largest absolute Gasteiger partial charge is 0.380 e. The first kappa shape index (κ1) is 21.4. The molecule has 2 heterocycles. The van der Waals surface area contributed by atoms with E-state index in [0.29, 0.717) is 45.2 Å². The molecule has 0 saturated carbocycles. The maximum Gasteiger partial charge on any atom is 0.220 e. The second-order valence-electron chi connectivity index (χ2n) is 6.46. The topological polar surface area (TPSA) is 94.0 Å². The first-order chi connectivity index (χ1) is 13.0. The van der Waals surface area contributed by atoms with Crippen molar-refractivity contribution in [3.63, 3.8) is 0 Å². The molecule has 9 heteroatoms. The summed E-state index contributed by atoms with van der Waals surface area (Å²) in [5.41, 5.74) is 0.776. The van der Waals surface area contributed by atoms with Gasteiger partial charge in [-0.15, -0.1) is 0 Å². The third-order valence-corrected chi connectivity index (χ3v) is 4.46. The fourth-order valence-corrected chi connectivity index (χ4v) is 3.12. The van der Waals surface area contributed by atoms with Gasteiger partial charge >= 0.3 is 0 Å². The lowest BCUT2D eigenvalue weighted by molar-refractivity contribution is -0.121. The van der Waals surface area contributed by atoms with Crippen LogP contribution in [-0.2, 0) is 16.1 Å². The van der Waals surface area contributed by atoms with Crippen molar-refractivity contribution in [2.24, 2.45) is 5.92 Å². The van der Waals surface area contributed by atoms with E-state index in [9.17, 15) is 4.79 Å². The molecule has 0 aliphatic heterocycles. The molecule has 0 aromatic carbocycles. The third-order valence-electron chi connectivity index (χ3n) is 3.73. The van der Waals surface area contributed by atoms with Gasteiger partial charge in [0.15, 0.2) is 10.8 Å². The molecule has 2 rings (SSSR count). The van der Waals surface area contributed by atoms with Crippen molar-refractivity contribution < 1.29 is 9.53 Å². The standard InChI is InChI=1S/C18H30N6O2S/c1-5-26-10-8-20-16-14-12-21-24(9-7-19-15(25)11-13(3)4)17(14)23-18(22-16)27-6-2/h12-13H,5-11H2,1-4H3,(H,19,25)(H,20,22,23). The van der Waals surface area contributed by atoms with Crippen molar-refractivity contribution >= 4 is 34.5 Å². The first-order valence-corrected chi connectivity index (χ1v) is 10.5. The number of hydrogen-bond donors (Lipinski definition) is 2. The molecule has 0 aliphatic rings. The number of anilines is 1. The van der Waals surface area contributed by atoms with Crippen LogP contribution in [0.3, 0.4) is 0 Å². The zero-order valence-corrected chi connectivity index (χ0v) is 17.4. The average Bonchev–Trinajstić information content (AvgIpc) is 3.01. The van der Waals surface area contributed by atoms with Crippen LogP contribution in [0.2, 0.25) is 0 Å². The number of fused-ring (bicyclic) bond motifs is 1. The minimum Gasteiger partial charge on any atom is -0.380 e. The van der Waals surface area contributed by atoms with Gasteiger partial charge in [-0.1, -0.05) is 32.5 Å². The number of ether oxygens (including phenoxy) is 1. The highest BCUT2D eigenvalue weighted by atomic mass is 32.2. The molecule has 0 fully saturated rings. The lowest BCUT2D eigenvalue weighted by Crippen LogP contribution is -2.28. The summed E-state index contributed by atoms with van der Waals surface area (Å²) in [5, 5.41) is 12.3. The summed E-state index contributed by atoms with van der Waals surface area (Å²) in [6.45, 7) is 11.2. The van der Waals surface area contributed by atoms with Crippen LogP contribution in [0, 0.1) is 5.92 Å². The van der Waals surface area contributed by atoms with Crippen LogP contribution in [0.25, 0.3) is 11.0 Å². The molecule has 150 valence electrons. The summed E-state index contributed by atoms with van der Waals surface area (Å²) >= 11 is 1.59. The molecule has 27 heavy (non-hydrogen) atoms. The van der Waals surface area contributed by atoms with Crippen molar-refractivity contribution in [2.75, 3.05) is 37.4 Å². The highest BCUT2D eigenvalue weighted by Crippen LogP contribution is 2.24. The summed E-state index contributed by atoms with van der Waals surface area (Å²) in [7, 11) is 0. The number of rotatable bonds is 12. The predicted octanol–water partition coefficient (Wildman–Crippen LogP) is 2.55. The number of amides is 1. The van der Waals surface area contributed by atoms with Crippen LogP contribution in [0.1, 0.15) is 34.1 Å². The molecular weight excluding hydrogens is 364 g/mol. The van der Waals surface area contributed by atoms with Crippen LogP contribution >= 0.6 is 11.8 Å². The number of carbonyl (C=O) groups is 1. The van der Waals surface area contributed by atoms with Gasteiger partial charge in [0.25, 0.3) is 0 Å². The van der Waals surface area contributed by atoms with Gasteiger partial charge in [0.2, 0.25) is 5.91 Å². The van der Waals surface area contributed by atoms with Crippen molar-refractivity contribution in [1.82, 2.24) is 25.1 Å². The van der Waals surface area contributed by atoms with Gasteiger partial charge in [-0.05, 0) is 18.6 Å². The van der Waals surface area contributed by atoms with Crippen LogP contribution < -0.4 is 10.6 Å². The van der Waals surface area contributed by atoms with E-state index in [1.54, 1.807) is 18.0 Å². The number of hydrogen-bond acceptors (Lipinski definition) is 7. The molecule has 2 aromatic heterocycles. The highest BCUT2D eigenvalue weighted by molar-refractivity contribution is 7.99. The van der Waals surface area contributed by atoms with E-state index in [2.05, 4.69) is 32.6 Å². The first-order valence-electron chi connectivity index (χ1n) is 9.49. The van der Waals surface area contributed by atoms with E-state index < -0.39 is 0 Å². The normalized spacial score (nSPS) is 11.3. The summed E-state index contributed by atoms with van der Waals surface area (Å²) in [6.07, 6.45) is 2.31. The minimum atomic E-state index is 0.0663. The van der Waals surface area contributed by atoms with Gasteiger partial charge in [-0.25, -0.2) is 14.6 Å². The molecule has 8 nitrogen and oxygen atoms in total. The predicted molar refractivity (Wildman–Crippen MR) is 109 cm³/mol. The summed E-state index contributed by atoms with van der Waals surface area (Å²) in [6, 6.07) is 0. The zero-order chi connectivity index (χ0) is 19.6. The van der Waals surface area contributed by atoms with Crippen LogP contribution in [-0.4, -0.2) is 57.7 Å². The van der Waals surface area contributed by atoms with E-state index >= 15 is 0 Å². The Balaban J connectivity index is 2.10. The lowest BCUT2D eigenvalue weighted by Gasteiger charge is -2.10. The average molecular weight is 395 g/mol. The maximum atomic E-state index is 11.8. The number of nitrogens with zero attached hydrogens (tertiary/aromatic N) is 4. The Bertz CT molecular complexity index is 734. The molecule has 0 unspecified atom stereocenters. The quantitative estimate of drug-likeness (QED) is 0.324. The molecule has 1 amide bonds. The Morgan fingerprint density at radius 3 is 2.81 bits per heavy atom. The smallest absolute Gasteiger partial charge is 0.220 e. The van der Waals surface area contributed by atoms with Crippen LogP contribution in [0.4, 0.5) is 5.82 Å². The number of aromatic nitrogens is 4. The Morgan fingerprint density at radius 2 is 2.11 bits per heavy atom. The Kier molecular flexibility index (Phi) is 8.80. The van der Waals surface area contributed by atoms with Crippen LogP contribution in [0.5, 0.6) is 0 Å². The van der Waals surface area contributed by atoms with E-state index in [1.807, 2.05) is 25.5 Å². The summed E-state index contributed by atoms with van der Waals surface area (Å²) in [5.74, 6) is 2.08. The fraction of sp³-hybridized carbons (Fsp3) is 0.667. The fourth-order valence-electron chi connectivity index (χ4n) is 2.56. The van der Waals surface area contributed by atoms with E-state index in [-0.39, 0.29) is 5.91 Å². The van der Waals surface area contributed by atoms with E-state index in [4.69, 9.17) is 4.74 Å². The molecular formula is C18H30N6O2S. The lowest BCUT2D eigenvalue weighted by atomic mass is 10.1. The van der Waals surface area contributed by atoms with E-state index in [0.717, 1.165) is 27.8 Å². The molecule has 0 aliphatic carbocycles. The van der Waals surface area contributed by atoms with Crippen molar-refractivity contribution in [3.05, 3.63) is 6.20 Å². The second kappa shape index (κ2) is 11.1. The number of carbonyl (C=O) groups excluding carboxylic acids is 1. The molecule has 0 radical (unpaired) electrons. The highest BCUT2D eigenvalue weighted by Gasteiger charge is 2.13. The van der Waals surface area contributed by atoms with Gasteiger partial charge in [-0.3, -0.25) is 4.79 Å². The molecule has 0 spiro atoms. The van der Waals surface area contributed by atoms with Crippen LogP contribution in [0.15, 0.2) is 11.4 Å². The Morgan fingerprint density at radius 1 is 1.30 bits per heavy atom. The third kappa shape index (κ3) is 6.66. The molecule has 0 atom stereocenters. The molecule has 2 N–H and O–H groups in total. The SMILES string of the molecule is CCOCCNc1nc(SCC)nc2c1cnn2CCNC(=O)CC(C)C. The van der Waals surface area contributed by atoms with E-state index in [1.165, 1.54) is 0 Å². The van der Waals surface area contributed by atoms with Gasteiger partial charge in [0.05, 0.1) is 24.7 Å². The van der Waals surface area contributed by atoms with Gasteiger partial charge in [-0.2, -0.15) is 5.10 Å². The molecule has 0 bridgehead atoms. The molecule has 2 aromatic rings. The number of nitrogens with one attached hydrogen (secondary N) is 2. The molecule has 0 saturated heterocycles. The monoisotopic (exact) mass is 394 g/mol. The van der Waals surface area contributed by atoms with Crippen molar-refractivity contribution in [2.45, 2.75) is 45.8 Å². The van der Waals surface area contributed by atoms with Crippen molar-refractivity contribution in [3.8, 4) is 0 Å². The zero-order valence-electron chi connectivity index (χ0n) is 16.6. The Labute approximate surface area is 164 Å². The number of thioether (sulfide) groups is 1. The summed E-state index contributed by atoms with van der Waals surface area (Å²) < 4.78 is 7.20.